The highest BCUT2D eigenvalue weighted by atomic mass is 19.1. The molecule has 8 heteroatoms. The van der Waals surface area contributed by atoms with Crippen molar-refractivity contribution in [2.24, 2.45) is 0 Å². The van der Waals surface area contributed by atoms with Gasteiger partial charge in [0.15, 0.2) is 11.6 Å². The molecule has 2 aromatic rings. The van der Waals surface area contributed by atoms with Gasteiger partial charge in [-0.2, -0.15) is 0 Å². The smallest absolute Gasteiger partial charge is 0.251 e. The first-order valence-electron chi connectivity index (χ1n) is 9.87. The lowest BCUT2D eigenvalue weighted by Gasteiger charge is -2.15. The van der Waals surface area contributed by atoms with E-state index in [0.29, 0.717) is 31.5 Å². The third-order valence-electron chi connectivity index (χ3n) is 4.66. The summed E-state index contributed by atoms with van der Waals surface area (Å²) >= 11 is 0. The molecular formula is C22H24FN3O4. The van der Waals surface area contributed by atoms with Crippen molar-refractivity contribution in [2.75, 3.05) is 31.1 Å². The summed E-state index contributed by atoms with van der Waals surface area (Å²) in [5, 5.41) is 5.23. The standard InChI is InChI=1S/C22H24FN3O4/c23-18-5-1-2-6-19(18)30-14-4-12-24-20(27)15-25-22(29)16-8-10-17(11-9-16)26-13-3-7-21(26)28/h1-2,5-6,8-11H,3-4,7,12-15H2,(H,24,27)(H,25,29). The summed E-state index contributed by atoms with van der Waals surface area (Å²) in [6, 6.07) is 12.9. The molecule has 0 aromatic heterocycles. The first kappa shape index (κ1) is 21.3. The van der Waals surface area contributed by atoms with Crippen LogP contribution in [0, 0.1) is 5.82 Å². The van der Waals surface area contributed by atoms with Gasteiger partial charge in [-0.15, -0.1) is 0 Å². The zero-order valence-corrected chi connectivity index (χ0v) is 16.5. The van der Waals surface area contributed by atoms with Crippen molar-refractivity contribution in [3.05, 3.63) is 59.9 Å². The number of nitrogens with zero attached hydrogens (tertiary/aromatic N) is 1. The fourth-order valence-electron chi connectivity index (χ4n) is 3.08. The van der Waals surface area contributed by atoms with Crippen molar-refractivity contribution < 1.29 is 23.5 Å². The number of para-hydroxylation sites is 1. The minimum atomic E-state index is -0.427. The normalized spacial score (nSPS) is 13.2. The van der Waals surface area contributed by atoms with Gasteiger partial charge in [-0.1, -0.05) is 12.1 Å². The Balaban J connectivity index is 1.33. The molecule has 1 aliphatic rings. The first-order valence-corrected chi connectivity index (χ1v) is 9.87. The molecule has 1 aliphatic heterocycles. The van der Waals surface area contributed by atoms with Crippen LogP contribution in [0.5, 0.6) is 5.75 Å². The van der Waals surface area contributed by atoms with Crippen molar-refractivity contribution >= 4 is 23.4 Å². The molecule has 2 N–H and O–H groups in total. The largest absolute Gasteiger partial charge is 0.490 e. The van der Waals surface area contributed by atoms with Crippen LogP contribution in [0.4, 0.5) is 10.1 Å². The zero-order valence-electron chi connectivity index (χ0n) is 16.5. The fraction of sp³-hybridized carbons (Fsp3) is 0.318. The molecule has 30 heavy (non-hydrogen) atoms. The fourth-order valence-corrected chi connectivity index (χ4v) is 3.08. The van der Waals surface area contributed by atoms with Crippen molar-refractivity contribution in [1.29, 1.82) is 0 Å². The number of rotatable bonds is 9. The molecule has 158 valence electrons. The molecular weight excluding hydrogens is 389 g/mol. The second-order valence-electron chi connectivity index (χ2n) is 6.86. The van der Waals surface area contributed by atoms with Crippen LogP contribution in [0.3, 0.4) is 0 Å². The van der Waals surface area contributed by atoms with Gasteiger partial charge in [0.25, 0.3) is 5.91 Å². The van der Waals surface area contributed by atoms with Crippen molar-refractivity contribution in [3.63, 3.8) is 0 Å². The average Bonchev–Trinajstić information content (AvgIpc) is 3.19. The minimum Gasteiger partial charge on any atom is -0.490 e. The Morgan fingerprint density at radius 1 is 1.07 bits per heavy atom. The van der Waals surface area contributed by atoms with Crippen molar-refractivity contribution in [3.8, 4) is 5.75 Å². The second-order valence-corrected chi connectivity index (χ2v) is 6.86. The summed E-state index contributed by atoms with van der Waals surface area (Å²) < 4.78 is 18.7. The number of hydrogen-bond acceptors (Lipinski definition) is 4. The topological polar surface area (TPSA) is 87.7 Å². The highest BCUT2D eigenvalue weighted by Gasteiger charge is 2.21. The van der Waals surface area contributed by atoms with Crippen LogP contribution < -0.4 is 20.3 Å². The van der Waals surface area contributed by atoms with Crippen LogP contribution >= 0.6 is 0 Å². The molecule has 0 unspecified atom stereocenters. The molecule has 3 rings (SSSR count). The summed E-state index contributed by atoms with van der Waals surface area (Å²) in [5.41, 5.74) is 1.18. The predicted octanol–water partition coefficient (Wildman–Crippen LogP) is 2.27. The van der Waals surface area contributed by atoms with Crippen LogP contribution in [0.2, 0.25) is 0 Å². The van der Waals surface area contributed by atoms with E-state index in [1.54, 1.807) is 47.4 Å². The van der Waals surface area contributed by atoms with E-state index in [1.165, 1.54) is 6.07 Å². The average molecular weight is 413 g/mol. The third-order valence-corrected chi connectivity index (χ3v) is 4.66. The highest BCUT2D eigenvalue weighted by molar-refractivity contribution is 5.98. The van der Waals surface area contributed by atoms with Gasteiger partial charge in [-0.25, -0.2) is 4.39 Å². The molecule has 1 heterocycles. The SMILES string of the molecule is O=C(CNC(=O)c1ccc(N2CCCC2=O)cc1)NCCCOc1ccccc1F. The molecule has 7 nitrogen and oxygen atoms in total. The van der Waals surface area contributed by atoms with Gasteiger partial charge in [0, 0.05) is 30.8 Å². The maximum absolute atomic E-state index is 13.4. The summed E-state index contributed by atoms with van der Waals surface area (Å²) in [6.07, 6.45) is 1.89. The highest BCUT2D eigenvalue weighted by Crippen LogP contribution is 2.21. The Labute approximate surface area is 174 Å². The van der Waals surface area contributed by atoms with Crippen LogP contribution in [0.1, 0.15) is 29.6 Å². The number of anilines is 1. The summed E-state index contributed by atoms with van der Waals surface area (Å²) in [6.45, 7) is 1.15. The number of ether oxygens (including phenoxy) is 1. The zero-order chi connectivity index (χ0) is 21.3. The number of hydrogen-bond donors (Lipinski definition) is 2. The molecule has 0 atom stereocenters. The van der Waals surface area contributed by atoms with Gasteiger partial charge >= 0.3 is 0 Å². The van der Waals surface area contributed by atoms with Gasteiger partial charge in [0.05, 0.1) is 13.2 Å². The van der Waals surface area contributed by atoms with Gasteiger partial charge < -0.3 is 20.3 Å². The minimum absolute atomic E-state index is 0.0863. The monoisotopic (exact) mass is 413 g/mol. The number of carbonyl (C=O) groups is 3. The lowest BCUT2D eigenvalue weighted by molar-refractivity contribution is -0.120. The summed E-state index contributed by atoms with van der Waals surface area (Å²) in [4.78, 5) is 37.5. The number of halogens is 1. The van der Waals surface area contributed by atoms with E-state index in [2.05, 4.69) is 10.6 Å². The second kappa shape index (κ2) is 10.4. The quantitative estimate of drug-likeness (QED) is 0.618. The summed E-state index contributed by atoms with van der Waals surface area (Å²) in [7, 11) is 0. The van der Waals surface area contributed by atoms with E-state index in [0.717, 1.165) is 12.1 Å². The van der Waals surface area contributed by atoms with Crippen LogP contribution in [-0.4, -0.2) is 44.0 Å². The Morgan fingerprint density at radius 2 is 1.83 bits per heavy atom. The number of benzene rings is 2. The van der Waals surface area contributed by atoms with E-state index in [4.69, 9.17) is 4.74 Å². The van der Waals surface area contributed by atoms with Crippen LogP contribution in [0.25, 0.3) is 0 Å². The molecule has 1 saturated heterocycles. The van der Waals surface area contributed by atoms with Gasteiger partial charge in [-0.3, -0.25) is 14.4 Å². The van der Waals surface area contributed by atoms with Crippen molar-refractivity contribution in [2.45, 2.75) is 19.3 Å². The van der Waals surface area contributed by atoms with E-state index >= 15 is 0 Å². The molecule has 0 bridgehead atoms. The Morgan fingerprint density at radius 3 is 2.53 bits per heavy atom. The van der Waals surface area contributed by atoms with Gasteiger partial charge in [0.1, 0.15) is 0 Å². The first-order chi connectivity index (χ1) is 14.5. The van der Waals surface area contributed by atoms with E-state index in [-0.39, 0.29) is 36.6 Å². The lowest BCUT2D eigenvalue weighted by atomic mass is 10.2. The number of nitrogens with one attached hydrogen (secondary N) is 2. The van der Waals surface area contributed by atoms with Crippen LogP contribution in [-0.2, 0) is 9.59 Å². The van der Waals surface area contributed by atoms with Crippen molar-refractivity contribution in [1.82, 2.24) is 10.6 Å². The molecule has 1 fully saturated rings. The van der Waals surface area contributed by atoms with Gasteiger partial charge in [-0.05, 0) is 49.2 Å². The molecule has 0 saturated carbocycles. The Hall–Kier alpha value is -3.42. The third kappa shape index (κ3) is 5.79. The molecule has 2 aromatic carbocycles. The number of amides is 3. The predicted molar refractivity (Wildman–Crippen MR) is 110 cm³/mol. The molecule has 0 aliphatic carbocycles. The Kier molecular flexibility index (Phi) is 7.37. The van der Waals surface area contributed by atoms with Gasteiger partial charge in [0.2, 0.25) is 11.8 Å². The van der Waals surface area contributed by atoms with E-state index in [9.17, 15) is 18.8 Å². The van der Waals surface area contributed by atoms with E-state index in [1.807, 2.05) is 0 Å². The maximum Gasteiger partial charge on any atom is 0.251 e. The van der Waals surface area contributed by atoms with E-state index < -0.39 is 5.82 Å². The lowest BCUT2D eigenvalue weighted by Crippen LogP contribution is -2.37. The summed E-state index contributed by atoms with van der Waals surface area (Å²) in [5.74, 6) is -0.857. The molecule has 0 spiro atoms. The molecule has 3 amide bonds. The number of carbonyl (C=O) groups excluding carboxylic acids is 3. The van der Waals surface area contributed by atoms with Crippen LogP contribution in [0.15, 0.2) is 48.5 Å². The Bertz CT molecular complexity index is 902. The molecule has 0 radical (unpaired) electrons. The maximum atomic E-state index is 13.4.